The quantitative estimate of drug-likeness (QED) is 0.638. The summed E-state index contributed by atoms with van der Waals surface area (Å²) in [6.45, 7) is 0.999. The maximum absolute atomic E-state index is 11.8. The van der Waals surface area contributed by atoms with Crippen molar-refractivity contribution in [3.63, 3.8) is 0 Å². The Balaban J connectivity index is 2.18. The summed E-state index contributed by atoms with van der Waals surface area (Å²) in [5.74, 6) is -0.163. The van der Waals surface area contributed by atoms with Crippen LogP contribution in [0.15, 0.2) is 17.1 Å². The minimum absolute atomic E-state index is 0.158. The van der Waals surface area contributed by atoms with Crippen molar-refractivity contribution >= 4 is 11.7 Å². The van der Waals surface area contributed by atoms with Gasteiger partial charge in [0.1, 0.15) is 18.1 Å². The highest BCUT2D eigenvalue weighted by molar-refractivity contribution is 5.87. The lowest BCUT2D eigenvalue weighted by Crippen LogP contribution is -2.28. The van der Waals surface area contributed by atoms with E-state index < -0.39 is 24.1 Å². The number of amides is 1. The van der Waals surface area contributed by atoms with Gasteiger partial charge in [0.25, 0.3) is 0 Å². The molecule has 1 amide bonds. The first-order valence-corrected chi connectivity index (χ1v) is 5.82. The van der Waals surface area contributed by atoms with Crippen molar-refractivity contribution in [2.45, 2.75) is 31.8 Å². The Labute approximate surface area is 108 Å². The highest BCUT2D eigenvalue weighted by Gasteiger charge is 2.34. The molecule has 1 aromatic rings. The monoisotopic (exact) mass is 269 g/mol. The predicted octanol–water partition coefficient (Wildman–Crippen LogP) is -1.16. The minimum Gasteiger partial charge on any atom is -0.394 e. The fraction of sp³-hybridized carbons (Fsp3) is 0.545. The van der Waals surface area contributed by atoms with Crippen LogP contribution in [0.4, 0.5) is 5.82 Å². The molecule has 2 rings (SSSR count). The first kappa shape index (κ1) is 13.7. The molecular weight excluding hydrogens is 254 g/mol. The summed E-state index contributed by atoms with van der Waals surface area (Å²) in [5, 5.41) is 21.0. The molecule has 1 saturated heterocycles. The zero-order valence-electron chi connectivity index (χ0n) is 10.3. The lowest BCUT2D eigenvalue weighted by Gasteiger charge is -2.14. The third-order valence-corrected chi connectivity index (χ3v) is 2.83. The number of hydrogen-bond donors (Lipinski definition) is 3. The van der Waals surface area contributed by atoms with Gasteiger partial charge in [-0.05, 0) is 6.07 Å². The van der Waals surface area contributed by atoms with Crippen molar-refractivity contribution in [1.82, 2.24) is 9.55 Å². The van der Waals surface area contributed by atoms with Gasteiger partial charge in [0.2, 0.25) is 5.91 Å². The van der Waals surface area contributed by atoms with Crippen molar-refractivity contribution in [2.24, 2.45) is 0 Å². The maximum Gasteiger partial charge on any atom is 0.351 e. The summed E-state index contributed by atoms with van der Waals surface area (Å²) in [5.41, 5.74) is -0.595. The molecule has 3 atom stereocenters. The standard InChI is InChI=1S/C11H15N3O5/c1-6(16)12-9-2-3-14(11(18)13-9)10-4-7(17)8(5-15)19-10/h2-3,7-8,10,15,17H,4-5H2,1H3,(H,12,13,16,18)/t7-,8+,10?/m0/s1. The van der Waals surface area contributed by atoms with E-state index in [0.29, 0.717) is 0 Å². The summed E-state index contributed by atoms with van der Waals surface area (Å²) >= 11 is 0. The molecule has 1 aliphatic rings. The predicted molar refractivity (Wildman–Crippen MR) is 64.4 cm³/mol. The number of aromatic nitrogens is 2. The molecule has 0 aliphatic carbocycles. The Morgan fingerprint density at radius 2 is 2.42 bits per heavy atom. The fourth-order valence-corrected chi connectivity index (χ4v) is 1.93. The zero-order valence-corrected chi connectivity index (χ0v) is 10.3. The molecule has 1 fully saturated rings. The van der Waals surface area contributed by atoms with Gasteiger partial charge in [-0.1, -0.05) is 0 Å². The van der Waals surface area contributed by atoms with Crippen LogP contribution in [0, 0.1) is 0 Å². The highest BCUT2D eigenvalue weighted by atomic mass is 16.5. The number of ether oxygens (including phenoxy) is 1. The average Bonchev–Trinajstić information content (AvgIpc) is 2.69. The number of carbonyl (C=O) groups excluding carboxylic acids is 1. The van der Waals surface area contributed by atoms with Crippen LogP contribution >= 0.6 is 0 Å². The minimum atomic E-state index is -0.822. The number of nitrogens with zero attached hydrogens (tertiary/aromatic N) is 2. The topological polar surface area (TPSA) is 114 Å². The van der Waals surface area contributed by atoms with E-state index in [9.17, 15) is 14.7 Å². The van der Waals surface area contributed by atoms with Gasteiger partial charge in [-0.25, -0.2) is 4.79 Å². The van der Waals surface area contributed by atoms with Crippen molar-refractivity contribution in [1.29, 1.82) is 0 Å². The lowest BCUT2D eigenvalue weighted by molar-refractivity contribution is -0.114. The van der Waals surface area contributed by atoms with E-state index in [2.05, 4.69) is 10.3 Å². The van der Waals surface area contributed by atoms with E-state index in [1.165, 1.54) is 23.8 Å². The average molecular weight is 269 g/mol. The molecule has 8 nitrogen and oxygen atoms in total. The second kappa shape index (κ2) is 5.47. The summed E-state index contributed by atoms with van der Waals surface area (Å²) in [4.78, 5) is 26.3. The summed E-state index contributed by atoms with van der Waals surface area (Å²) in [6.07, 6.45) is -0.563. The number of anilines is 1. The number of rotatable bonds is 3. The smallest absolute Gasteiger partial charge is 0.351 e. The van der Waals surface area contributed by atoms with Crippen LogP contribution in [-0.2, 0) is 9.53 Å². The molecule has 8 heteroatoms. The van der Waals surface area contributed by atoms with Gasteiger partial charge in [0.05, 0.1) is 12.7 Å². The SMILES string of the molecule is CC(=O)Nc1ccn(C2C[C@H](O)[C@@H](CO)O2)c(=O)n1. The van der Waals surface area contributed by atoms with Crippen LogP contribution in [0.25, 0.3) is 0 Å². The van der Waals surface area contributed by atoms with Crippen molar-refractivity contribution in [3.8, 4) is 0 Å². The number of carbonyl (C=O) groups is 1. The Hall–Kier alpha value is -1.77. The van der Waals surface area contributed by atoms with Gasteiger partial charge in [0.15, 0.2) is 0 Å². The molecule has 1 aliphatic heterocycles. The molecule has 0 radical (unpaired) electrons. The van der Waals surface area contributed by atoms with Crippen LogP contribution < -0.4 is 11.0 Å². The summed E-state index contributed by atoms with van der Waals surface area (Å²) in [6, 6.07) is 1.46. The second-order valence-electron chi connectivity index (χ2n) is 4.30. The van der Waals surface area contributed by atoms with Crippen molar-refractivity contribution in [2.75, 3.05) is 11.9 Å². The molecule has 104 valence electrons. The van der Waals surface area contributed by atoms with E-state index >= 15 is 0 Å². The van der Waals surface area contributed by atoms with Crippen LogP contribution in [0.5, 0.6) is 0 Å². The van der Waals surface area contributed by atoms with Gasteiger partial charge in [-0.15, -0.1) is 0 Å². The zero-order chi connectivity index (χ0) is 14.0. The molecule has 3 N–H and O–H groups in total. The summed E-state index contributed by atoms with van der Waals surface area (Å²) < 4.78 is 6.56. The molecule has 19 heavy (non-hydrogen) atoms. The lowest BCUT2D eigenvalue weighted by atomic mass is 10.2. The molecule has 1 unspecified atom stereocenters. The maximum atomic E-state index is 11.8. The molecule has 2 heterocycles. The van der Waals surface area contributed by atoms with Gasteiger partial charge >= 0.3 is 5.69 Å². The van der Waals surface area contributed by atoms with E-state index in [4.69, 9.17) is 9.84 Å². The van der Waals surface area contributed by atoms with Gasteiger partial charge in [-0.2, -0.15) is 4.98 Å². The van der Waals surface area contributed by atoms with Crippen LogP contribution in [-0.4, -0.2) is 44.5 Å². The Morgan fingerprint density at radius 1 is 1.68 bits per heavy atom. The Kier molecular flexibility index (Phi) is 3.93. The fourth-order valence-electron chi connectivity index (χ4n) is 1.93. The number of aliphatic hydroxyl groups is 2. The third kappa shape index (κ3) is 2.98. The first-order valence-electron chi connectivity index (χ1n) is 5.82. The van der Waals surface area contributed by atoms with E-state index in [1.807, 2.05) is 0 Å². The van der Waals surface area contributed by atoms with E-state index in [1.54, 1.807) is 0 Å². The van der Waals surface area contributed by atoms with Gasteiger partial charge in [-0.3, -0.25) is 9.36 Å². The number of aliphatic hydroxyl groups excluding tert-OH is 2. The van der Waals surface area contributed by atoms with Crippen molar-refractivity contribution < 1.29 is 19.7 Å². The van der Waals surface area contributed by atoms with Gasteiger partial charge < -0.3 is 20.3 Å². The largest absolute Gasteiger partial charge is 0.394 e. The third-order valence-electron chi connectivity index (χ3n) is 2.83. The van der Waals surface area contributed by atoms with Crippen LogP contribution in [0.1, 0.15) is 19.6 Å². The Morgan fingerprint density at radius 3 is 2.95 bits per heavy atom. The van der Waals surface area contributed by atoms with E-state index in [0.717, 1.165) is 0 Å². The first-order chi connectivity index (χ1) is 9.01. The molecular formula is C11H15N3O5. The Bertz CT molecular complexity index is 529. The van der Waals surface area contributed by atoms with Gasteiger partial charge in [0, 0.05) is 19.5 Å². The molecule has 0 aromatic carbocycles. The molecule has 0 bridgehead atoms. The highest BCUT2D eigenvalue weighted by Crippen LogP contribution is 2.27. The number of hydrogen-bond acceptors (Lipinski definition) is 6. The summed E-state index contributed by atoms with van der Waals surface area (Å²) in [7, 11) is 0. The molecule has 1 aromatic heterocycles. The second-order valence-corrected chi connectivity index (χ2v) is 4.30. The number of nitrogens with one attached hydrogen (secondary N) is 1. The van der Waals surface area contributed by atoms with E-state index in [-0.39, 0.29) is 24.8 Å². The van der Waals surface area contributed by atoms with Crippen molar-refractivity contribution in [3.05, 3.63) is 22.7 Å². The van der Waals surface area contributed by atoms with Crippen LogP contribution in [0.3, 0.4) is 0 Å². The van der Waals surface area contributed by atoms with Crippen LogP contribution in [0.2, 0.25) is 0 Å². The molecule has 0 spiro atoms. The normalized spacial score (nSPS) is 26.4. The molecule has 0 saturated carbocycles.